The van der Waals surface area contributed by atoms with E-state index in [4.69, 9.17) is 16.3 Å². The van der Waals surface area contributed by atoms with Crippen LogP contribution >= 0.6 is 11.6 Å². The molecule has 2 aromatic rings. The topological polar surface area (TPSA) is 41.6 Å². The van der Waals surface area contributed by atoms with Crippen LogP contribution in [0.1, 0.15) is 46.8 Å². The van der Waals surface area contributed by atoms with Gasteiger partial charge >= 0.3 is 0 Å². The maximum Gasteiger partial charge on any atom is 0.193 e. The van der Waals surface area contributed by atoms with Crippen LogP contribution in [-0.4, -0.2) is 49.5 Å². The second-order valence-electron chi connectivity index (χ2n) is 7.90. The first-order valence-corrected chi connectivity index (χ1v) is 10.8. The third kappa shape index (κ3) is 5.81. The fraction of sp³-hybridized carbons (Fsp3) is 0.458. The van der Waals surface area contributed by atoms with Crippen molar-refractivity contribution >= 4 is 17.4 Å². The van der Waals surface area contributed by atoms with Crippen LogP contribution in [-0.2, 0) is 0 Å². The van der Waals surface area contributed by atoms with Gasteiger partial charge in [0.05, 0.1) is 6.61 Å². The molecule has 1 unspecified atom stereocenters. The van der Waals surface area contributed by atoms with Gasteiger partial charge in [-0.05, 0) is 81.1 Å². The van der Waals surface area contributed by atoms with Gasteiger partial charge in [-0.15, -0.1) is 0 Å². The molecule has 29 heavy (non-hydrogen) atoms. The number of piperazine rings is 1. The summed E-state index contributed by atoms with van der Waals surface area (Å²) in [6.07, 6.45) is 2.15. The second kappa shape index (κ2) is 10.2. The summed E-state index contributed by atoms with van der Waals surface area (Å²) in [6, 6.07) is 11.4. The van der Waals surface area contributed by atoms with Gasteiger partial charge in [0, 0.05) is 48.4 Å². The molecular weight excluding hydrogens is 384 g/mol. The van der Waals surface area contributed by atoms with E-state index in [1.165, 1.54) is 0 Å². The number of benzene rings is 2. The molecule has 1 heterocycles. The molecule has 156 valence electrons. The highest BCUT2D eigenvalue weighted by atomic mass is 35.5. The van der Waals surface area contributed by atoms with Crippen molar-refractivity contribution in [2.45, 2.75) is 39.7 Å². The highest BCUT2D eigenvalue weighted by Gasteiger charge is 2.17. The number of rotatable bonds is 8. The molecule has 1 aliphatic rings. The number of nitrogens with zero attached hydrogens (tertiary/aromatic N) is 1. The predicted molar refractivity (Wildman–Crippen MR) is 119 cm³/mol. The molecule has 0 saturated carbocycles. The minimum absolute atomic E-state index is 0.00395. The average molecular weight is 415 g/mol. The Labute approximate surface area is 179 Å². The van der Waals surface area contributed by atoms with Crippen LogP contribution in [0.3, 0.4) is 0 Å². The summed E-state index contributed by atoms with van der Waals surface area (Å²) >= 11 is 5.92. The van der Waals surface area contributed by atoms with Gasteiger partial charge in [0.25, 0.3) is 0 Å². The number of carbonyl (C=O) groups is 1. The van der Waals surface area contributed by atoms with Gasteiger partial charge in [0.2, 0.25) is 0 Å². The molecule has 2 aromatic carbocycles. The fourth-order valence-electron chi connectivity index (χ4n) is 3.94. The Bertz CT molecular complexity index is 806. The Morgan fingerprint density at radius 3 is 2.34 bits per heavy atom. The van der Waals surface area contributed by atoms with E-state index in [1.54, 1.807) is 24.3 Å². The van der Waals surface area contributed by atoms with E-state index >= 15 is 0 Å². The first-order chi connectivity index (χ1) is 14.0. The molecular formula is C24H31ClN2O2. The molecule has 0 amide bonds. The molecule has 1 atom stereocenters. The number of nitrogens with one attached hydrogen (secondary N) is 1. The smallest absolute Gasteiger partial charge is 0.193 e. The summed E-state index contributed by atoms with van der Waals surface area (Å²) in [5.74, 6) is 0.900. The van der Waals surface area contributed by atoms with E-state index in [0.717, 1.165) is 55.9 Å². The molecule has 3 rings (SSSR count). The van der Waals surface area contributed by atoms with Crippen LogP contribution in [0.25, 0.3) is 0 Å². The van der Waals surface area contributed by atoms with Crippen molar-refractivity contribution in [1.29, 1.82) is 0 Å². The number of hydrogen-bond donors (Lipinski definition) is 1. The lowest BCUT2D eigenvalue weighted by molar-refractivity contribution is 0.103. The SMILES string of the molecule is Cc1cc(C(=O)c2ccc(Cl)cc2)cc(C)c1OCCCC(C)N1CCNCC1. The quantitative estimate of drug-likeness (QED) is 0.504. The van der Waals surface area contributed by atoms with E-state index in [9.17, 15) is 4.79 Å². The van der Waals surface area contributed by atoms with Gasteiger partial charge in [-0.1, -0.05) is 11.6 Å². The first-order valence-electron chi connectivity index (χ1n) is 10.4. The minimum atomic E-state index is 0.00395. The minimum Gasteiger partial charge on any atom is -0.493 e. The van der Waals surface area contributed by atoms with Gasteiger partial charge in [-0.3, -0.25) is 9.69 Å². The van der Waals surface area contributed by atoms with Gasteiger partial charge in [0.15, 0.2) is 5.78 Å². The van der Waals surface area contributed by atoms with Gasteiger partial charge in [-0.2, -0.15) is 0 Å². The van der Waals surface area contributed by atoms with E-state index in [1.807, 2.05) is 26.0 Å². The third-order valence-corrected chi connectivity index (χ3v) is 5.87. The Balaban J connectivity index is 1.56. The highest BCUT2D eigenvalue weighted by Crippen LogP contribution is 2.27. The number of carbonyl (C=O) groups excluding carboxylic acids is 1. The largest absolute Gasteiger partial charge is 0.493 e. The van der Waals surface area contributed by atoms with Crippen LogP contribution in [0.5, 0.6) is 5.75 Å². The van der Waals surface area contributed by atoms with Crippen LogP contribution in [0.15, 0.2) is 36.4 Å². The molecule has 0 radical (unpaired) electrons. The summed E-state index contributed by atoms with van der Waals surface area (Å²) in [4.78, 5) is 15.3. The normalized spacial score (nSPS) is 15.9. The Hall–Kier alpha value is -1.88. The van der Waals surface area contributed by atoms with Gasteiger partial charge in [-0.25, -0.2) is 0 Å². The average Bonchev–Trinajstić information content (AvgIpc) is 2.73. The van der Waals surface area contributed by atoms with Crippen molar-refractivity contribution in [2.75, 3.05) is 32.8 Å². The number of aryl methyl sites for hydroxylation is 2. The van der Waals surface area contributed by atoms with E-state index in [2.05, 4.69) is 17.1 Å². The standard InChI is InChI=1S/C24H31ClN2O2/c1-17-15-21(23(28)20-6-8-22(25)9-7-20)16-18(2)24(17)29-14-4-5-19(3)27-12-10-26-11-13-27/h6-9,15-16,19,26H,4-5,10-14H2,1-3H3. The molecule has 1 fully saturated rings. The Morgan fingerprint density at radius 1 is 1.10 bits per heavy atom. The molecule has 5 heteroatoms. The lowest BCUT2D eigenvalue weighted by Gasteiger charge is -2.32. The zero-order valence-electron chi connectivity index (χ0n) is 17.6. The molecule has 0 aliphatic carbocycles. The van der Waals surface area contributed by atoms with Crippen LogP contribution in [0, 0.1) is 13.8 Å². The Kier molecular flexibility index (Phi) is 7.70. The zero-order valence-corrected chi connectivity index (χ0v) is 18.4. The number of ether oxygens (including phenoxy) is 1. The van der Waals surface area contributed by atoms with E-state index in [0.29, 0.717) is 28.8 Å². The summed E-state index contributed by atoms with van der Waals surface area (Å²) in [5, 5.41) is 4.03. The lowest BCUT2D eigenvalue weighted by Crippen LogP contribution is -2.47. The maximum atomic E-state index is 12.8. The number of ketones is 1. The summed E-state index contributed by atoms with van der Waals surface area (Å²) in [5.41, 5.74) is 3.32. The van der Waals surface area contributed by atoms with Crippen LogP contribution < -0.4 is 10.1 Å². The van der Waals surface area contributed by atoms with Crippen molar-refractivity contribution in [1.82, 2.24) is 10.2 Å². The Morgan fingerprint density at radius 2 is 1.72 bits per heavy atom. The van der Waals surface area contributed by atoms with Gasteiger partial charge in [0.1, 0.15) is 5.75 Å². The van der Waals surface area contributed by atoms with Crippen molar-refractivity contribution in [2.24, 2.45) is 0 Å². The summed E-state index contributed by atoms with van der Waals surface area (Å²) in [7, 11) is 0. The lowest BCUT2D eigenvalue weighted by atomic mass is 9.98. The third-order valence-electron chi connectivity index (χ3n) is 5.62. The van der Waals surface area contributed by atoms with Crippen LogP contribution in [0.4, 0.5) is 0 Å². The maximum absolute atomic E-state index is 12.8. The zero-order chi connectivity index (χ0) is 20.8. The van der Waals surface area contributed by atoms with E-state index < -0.39 is 0 Å². The van der Waals surface area contributed by atoms with Gasteiger partial charge < -0.3 is 10.1 Å². The predicted octanol–water partition coefficient (Wildman–Crippen LogP) is 4.64. The molecule has 0 spiro atoms. The van der Waals surface area contributed by atoms with Crippen LogP contribution in [0.2, 0.25) is 5.02 Å². The number of hydrogen-bond acceptors (Lipinski definition) is 4. The molecule has 0 bridgehead atoms. The molecule has 1 saturated heterocycles. The fourth-order valence-corrected chi connectivity index (χ4v) is 4.06. The van der Waals surface area contributed by atoms with Crippen molar-refractivity contribution < 1.29 is 9.53 Å². The first kappa shape index (κ1) is 21.8. The van der Waals surface area contributed by atoms with E-state index in [-0.39, 0.29) is 5.78 Å². The molecule has 4 nitrogen and oxygen atoms in total. The summed E-state index contributed by atoms with van der Waals surface area (Å²) in [6.45, 7) is 11.4. The second-order valence-corrected chi connectivity index (χ2v) is 8.34. The highest BCUT2D eigenvalue weighted by molar-refractivity contribution is 6.30. The van der Waals surface area contributed by atoms with Crippen molar-refractivity contribution in [3.63, 3.8) is 0 Å². The van der Waals surface area contributed by atoms with Crippen molar-refractivity contribution in [3.8, 4) is 5.75 Å². The molecule has 1 N–H and O–H groups in total. The molecule has 0 aromatic heterocycles. The monoisotopic (exact) mass is 414 g/mol. The van der Waals surface area contributed by atoms with Crippen molar-refractivity contribution in [3.05, 3.63) is 63.7 Å². The summed E-state index contributed by atoms with van der Waals surface area (Å²) < 4.78 is 6.10. The molecule has 1 aliphatic heterocycles. The number of halogens is 1.